The first-order valence-corrected chi connectivity index (χ1v) is 11.1. The fourth-order valence-corrected chi connectivity index (χ4v) is 4.27. The molecule has 37 heavy (non-hydrogen) atoms. The van der Waals surface area contributed by atoms with Crippen LogP contribution in [0.15, 0.2) is 78.9 Å². The molecule has 0 spiro atoms. The lowest BCUT2D eigenvalue weighted by molar-refractivity contribution is -0.143. The molecule has 3 rings (SSSR count). The van der Waals surface area contributed by atoms with Crippen molar-refractivity contribution in [2.45, 2.75) is 30.7 Å². The van der Waals surface area contributed by atoms with E-state index in [1.54, 1.807) is 60.7 Å². The zero-order valence-electron chi connectivity index (χ0n) is 19.9. The van der Waals surface area contributed by atoms with Crippen molar-refractivity contribution in [3.8, 4) is 0 Å². The van der Waals surface area contributed by atoms with Gasteiger partial charge < -0.3 is 9.64 Å². The van der Waals surface area contributed by atoms with Crippen molar-refractivity contribution in [1.82, 2.24) is 4.90 Å². The van der Waals surface area contributed by atoms with Crippen LogP contribution in [0.3, 0.4) is 0 Å². The van der Waals surface area contributed by atoms with Crippen LogP contribution in [0.4, 0.5) is 26.3 Å². The topological polar surface area (TPSA) is 46.6 Å². The first-order chi connectivity index (χ1) is 17.3. The van der Waals surface area contributed by atoms with Crippen LogP contribution in [0.2, 0.25) is 0 Å². The van der Waals surface area contributed by atoms with E-state index in [1.165, 1.54) is 14.2 Å². The summed E-state index contributed by atoms with van der Waals surface area (Å²) < 4.78 is 85.6. The van der Waals surface area contributed by atoms with Crippen LogP contribution in [-0.2, 0) is 27.4 Å². The molecule has 0 saturated carbocycles. The van der Waals surface area contributed by atoms with Gasteiger partial charge in [0, 0.05) is 19.0 Å². The molecule has 3 aromatic carbocycles. The molecule has 0 aliphatic rings. The van der Waals surface area contributed by atoms with E-state index in [1.807, 2.05) is 0 Å². The zero-order chi connectivity index (χ0) is 27.4. The number of methoxy groups -OCH3 is 1. The van der Waals surface area contributed by atoms with Crippen LogP contribution >= 0.6 is 0 Å². The molecule has 4 nitrogen and oxygen atoms in total. The number of ether oxygens (including phenoxy) is 1. The van der Waals surface area contributed by atoms with Crippen molar-refractivity contribution in [2.24, 2.45) is 0 Å². The van der Waals surface area contributed by atoms with E-state index in [9.17, 15) is 35.9 Å². The highest BCUT2D eigenvalue weighted by molar-refractivity contribution is 5.95. The average molecular weight is 523 g/mol. The van der Waals surface area contributed by atoms with E-state index in [0.29, 0.717) is 23.3 Å². The number of alkyl halides is 6. The van der Waals surface area contributed by atoms with Crippen molar-refractivity contribution < 1.29 is 40.7 Å². The SMILES string of the molecule is COC(=O)CCC(c1ccccc1)(c1ccccc1)N(C)C(=O)c1cc(C(F)(F)F)cc(C(F)(F)F)c1. The molecular formula is C27H23F6NO3. The molecule has 196 valence electrons. The van der Waals surface area contributed by atoms with E-state index in [0.717, 1.165) is 4.90 Å². The Kier molecular flexibility index (Phi) is 8.00. The number of nitrogens with zero attached hydrogens (tertiary/aromatic N) is 1. The summed E-state index contributed by atoms with van der Waals surface area (Å²) in [6.07, 6.45) is -10.5. The highest BCUT2D eigenvalue weighted by atomic mass is 19.4. The van der Waals surface area contributed by atoms with Crippen LogP contribution in [0.1, 0.15) is 45.5 Å². The fourth-order valence-electron chi connectivity index (χ4n) is 4.27. The highest BCUT2D eigenvalue weighted by Crippen LogP contribution is 2.42. The van der Waals surface area contributed by atoms with E-state index in [4.69, 9.17) is 4.74 Å². The summed E-state index contributed by atoms with van der Waals surface area (Å²) in [5.74, 6) is -1.69. The third-order valence-electron chi connectivity index (χ3n) is 6.13. The van der Waals surface area contributed by atoms with Gasteiger partial charge in [-0.2, -0.15) is 26.3 Å². The smallest absolute Gasteiger partial charge is 0.416 e. The van der Waals surface area contributed by atoms with Gasteiger partial charge >= 0.3 is 18.3 Å². The lowest BCUT2D eigenvalue weighted by Crippen LogP contribution is -2.48. The minimum atomic E-state index is -5.12. The van der Waals surface area contributed by atoms with Gasteiger partial charge in [0.2, 0.25) is 0 Å². The summed E-state index contributed by atoms with van der Waals surface area (Å²) >= 11 is 0. The van der Waals surface area contributed by atoms with Crippen molar-refractivity contribution >= 4 is 11.9 Å². The molecule has 3 aromatic rings. The van der Waals surface area contributed by atoms with Gasteiger partial charge in [0.25, 0.3) is 5.91 Å². The summed E-state index contributed by atoms with van der Waals surface area (Å²) in [6.45, 7) is 0. The average Bonchev–Trinajstić information content (AvgIpc) is 2.88. The molecule has 0 heterocycles. The molecule has 0 aliphatic carbocycles. The van der Waals surface area contributed by atoms with Crippen LogP contribution in [0.25, 0.3) is 0 Å². The third kappa shape index (κ3) is 5.95. The number of halogens is 6. The molecule has 0 N–H and O–H groups in total. The molecule has 0 aliphatic heterocycles. The predicted molar refractivity (Wildman–Crippen MR) is 123 cm³/mol. The molecule has 0 saturated heterocycles. The van der Waals surface area contributed by atoms with Gasteiger partial charge in [-0.05, 0) is 35.7 Å². The fraction of sp³-hybridized carbons (Fsp3) is 0.259. The molecule has 1 amide bonds. The number of hydrogen-bond donors (Lipinski definition) is 0. The Hall–Kier alpha value is -3.82. The number of amides is 1. The molecule has 0 radical (unpaired) electrons. The first-order valence-electron chi connectivity index (χ1n) is 11.1. The molecule has 0 unspecified atom stereocenters. The van der Waals surface area contributed by atoms with Crippen molar-refractivity contribution in [3.05, 3.63) is 107 Å². The molecule has 0 aromatic heterocycles. The maximum absolute atomic E-state index is 13.7. The lowest BCUT2D eigenvalue weighted by Gasteiger charge is -2.43. The Morgan fingerprint density at radius 1 is 0.730 bits per heavy atom. The quantitative estimate of drug-likeness (QED) is 0.256. The second kappa shape index (κ2) is 10.7. The molecular weight excluding hydrogens is 500 g/mol. The third-order valence-corrected chi connectivity index (χ3v) is 6.13. The Bertz CT molecular complexity index is 1170. The minimum absolute atomic E-state index is 0.0321. The number of hydrogen-bond acceptors (Lipinski definition) is 3. The summed E-state index contributed by atoms with van der Waals surface area (Å²) in [6, 6.07) is 17.6. The summed E-state index contributed by atoms with van der Waals surface area (Å²) in [5, 5.41) is 0. The number of carbonyl (C=O) groups is 2. The molecule has 0 atom stereocenters. The maximum atomic E-state index is 13.7. The number of rotatable bonds is 7. The molecule has 10 heteroatoms. The van der Waals surface area contributed by atoms with Gasteiger partial charge in [-0.3, -0.25) is 9.59 Å². The Labute approximate surface area is 209 Å². The maximum Gasteiger partial charge on any atom is 0.416 e. The van der Waals surface area contributed by atoms with Gasteiger partial charge in [0.05, 0.1) is 23.8 Å². The largest absolute Gasteiger partial charge is 0.469 e. The lowest BCUT2D eigenvalue weighted by atomic mass is 9.77. The van der Waals surface area contributed by atoms with Crippen molar-refractivity contribution in [1.29, 1.82) is 0 Å². The number of carbonyl (C=O) groups excluding carboxylic acids is 2. The van der Waals surface area contributed by atoms with Gasteiger partial charge in [0.15, 0.2) is 0 Å². The minimum Gasteiger partial charge on any atom is -0.469 e. The zero-order valence-corrected chi connectivity index (χ0v) is 19.9. The van der Waals surface area contributed by atoms with Crippen LogP contribution in [0, 0.1) is 0 Å². The number of esters is 1. The van der Waals surface area contributed by atoms with Crippen molar-refractivity contribution in [2.75, 3.05) is 14.2 Å². The normalized spacial score (nSPS) is 12.2. The molecule has 0 fully saturated rings. The summed E-state index contributed by atoms with van der Waals surface area (Å²) in [5.41, 5.74) is -4.41. The van der Waals surface area contributed by atoms with E-state index >= 15 is 0 Å². The van der Waals surface area contributed by atoms with E-state index < -0.39 is 46.5 Å². The Morgan fingerprint density at radius 2 is 1.16 bits per heavy atom. The van der Waals surface area contributed by atoms with Gasteiger partial charge in [-0.1, -0.05) is 60.7 Å². The van der Waals surface area contributed by atoms with Gasteiger partial charge in [0.1, 0.15) is 0 Å². The second-order valence-electron chi connectivity index (χ2n) is 8.33. The summed E-state index contributed by atoms with van der Waals surface area (Å²) in [7, 11) is 2.47. The van der Waals surface area contributed by atoms with Crippen LogP contribution < -0.4 is 0 Å². The highest BCUT2D eigenvalue weighted by Gasteiger charge is 2.43. The first kappa shape index (κ1) is 27.8. The Balaban J connectivity index is 2.25. The Morgan fingerprint density at radius 3 is 1.54 bits per heavy atom. The van der Waals surface area contributed by atoms with E-state index in [2.05, 4.69) is 0 Å². The second-order valence-corrected chi connectivity index (χ2v) is 8.33. The predicted octanol–water partition coefficient (Wildman–Crippen LogP) is 6.69. The van der Waals surface area contributed by atoms with Gasteiger partial charge in [-0.25, -0.2) is 0 Å². The van der Waals surface area contributed by atoms with Crippen LogP contribution in [-0.4, -0.2) is 30.9 Å². The monoisotopic (exact) mass is 523 g/mol. The van der Waals surface area contributed by atoms with Gasteiger partial charge in [-0.15, -0.1) is 0 Å². The van der Waals surface area contributed by atoms with E-state index in [-0.39, 0.29) is 18.9 Å². The molecule has 0 bridgehead atoms. The van der Waals surface area contributed by atoms with Crippen LogP contribution in [0.5, 0.6) is 0 Å². The standard InChI is InChI=1S/C27H23F6NO3/c1-34(24(36)18-15-21(26(28,29)30)17-22(16-18)27(31,32)33)25(14-13-23(35)37-2,19-9-5-3-6-10-19)20-11-7-4-8-12-20/h3-12,15-17H,13-14H2,1-2H3. The summed E-state index contributed by atoms with van der Waals surface area (Å²) in [4.78, 5) is 26.9. The number of benzene rings is 3. The van der Waals surface area contributed by atoms with Crippen molar-refractivity contribution in [3.63, 3.8) is 0 Å².